The topological polar surface area (TPSA) is 57.8 Å². The summed E-state index contributed by atoms with van der Waals surface area (Å²) in [5.74, 6) is 0.820. The molecule has 0 aromatic carbocycles. The van der Waals surface area contributed by atoms with Crippen molar-refractivity contribution in [1.82, 2.24) is 15.5 Å². The average molecular weight is 249 g/mol. The van der Waals surface area contributed by atoms with Crippen LogP contribution in [-0.4, -0.2) is 22.1 Å². The minimum Gasteiger partial charge on any atom is -0.348 e. The Bertz CT molecular complexity index is 391. The van der Waals surface area contributed by atoms with Crippen LogP contribution in [0.1, 0.15) is 62.1 Å². The Morgan fingerprint density at radius 3 is 2.67 bits per heavy atom. The van der Waals surface area contributed by atoms with E-state index in [1.54, 1.807) is 0 Å². The number of aromatic amines is 1. The molecule has 0 atom stereocenters. The third-order valence-electron chi connectivity index (χ3n) is 4.00. The average Bonchev–Trinajstić information content (AvgIpc) is 2.88. The Hall–Kier alpha value is -1.32. The third kappa shape index (κ3) is 3.12. The minimum absolute atomic E-state index is 0.0362. The molecule has 0 radical (unpaired) electrons. The second-order valence-electron chi connectivity index (χ2n) is 5.23. The van der Waals surface area contributed by atoms with Gasteiger partial charge in [-0.1, -0.05) is 20.3 Å². The van der Waals surface area contributed by atoms with Crippen molar-refractivity contribution in [3.63, 3.8) is 0 Å². The summed E-state index contributed by atoms with van der Waals surface area (Å²) in [4.78, 5) is 12.0. The number of hydrogen-bond donors (Lipinski definition) is 2. The Balaban J connectivity index is 1.84. The summed E-state index contributed by atoms with van der Waals surface area (Å²) in [7, 11) is 0. The van der Waals surface area contributed by atoms with Gasteiger partial charge in [-0.2, -0.15) is 5.10 Å². The van der Waals surface area contributed by atoms with Crippen LogP contribution >= 0.6 is 0 Å². The number of H-pyrrole nitrogens is 1. The number of rotatable bonds is 4. The van der Waals surface area contributed by atoms with Crippen LogP contribution in [0.5, 0.6) is 0 Å². The molecule has 1 aliphatic carbocycles. The highest BCUT2D eigenvalue weighted by Gasteiger charge is 2.22. The van der Waals surface area contributed by atoms with E-state index in [9.17, 15) is 4.79 Å². The van der Waals surface area contributed by atoms with Crippen molar-refractivity contribution in [2.75, 3.05) is 0 Å². The summed E-state index contributed by atoms with van der Waals surface area (Å²) in [6, 6.07) is 2.18. The maximum absolute atomic E-state index is 12.0. The SMILES string of the molecule is CCc1cc(C(=O)NC2CCC(CC)CC2)n[nH]1. The lowest BCUT2D eigenvalue weighted by atomic mass is 9.84. The van der Waals surface area contributed by atoms with Crippen molar-refractivity contribution in [2.24, 2.45) is 5.92 Å². The Morgan fingerprint density at radius 2 is 2.11 bits per heavy atom. The van der Waals surface area contributed by atoms with Gasteiger partial charge in [0, 0.05) is 11.7 Å². The molecule has 18 heavy (non-hydrogen) atoms. The van der Waals surface area contributed by atoms with Crippen molar-refractivity contribution in [3.8, 4) is 0 Å². The smallest absolute Gasteiger partial charge is 0.271 e. The van der Waals surface area contributed by atoms with Gasteiger partial charge in [0.2, 0.25) is 0 Å². The number of amides is 1. The van der Waals surface area contributed by atoms with E-state index >= 15 is 0 Å². The van der Waals surface area contributed by atoms with Crippen LogP contribution in [0, 0.1) is 5.92 Å². The Labute approximate surface area is 109 Å². The van der Waals surface area contributed by atoms with Gasteiger partial charge in [0.15, 0.2) is 0 Å². The molecule has 1 saturated carbocycles. The fourth-order valence-corrected chi connectivity index (χ4v) is 2.63. The quantitative estimate of drug-likeness (QED) is 0.862. The first kappa shape index (κ1) is 13.1. The van der Waals surface area contributed by atoms with Gasteiger partial charge in [-0.05, 0) is 44.1 Å². The molecule has 0 spiro atoms. The molecule has 0 saturated heterocycles. The molecule has 1 heterocycles. The van der Waals surface area contributed by atoms with E-state index in [0.29, 0.717) is 11.7 Å². The van der Waals surface area contributed by atoms with Gasteiger partial charge in [-0.25, -0.2) is 0 Å². The van der Waals surface area contributed by atoms with E-state index in [1.165, 1.54) is 19.3 Å². The number of hydrogen-bond acceptors (Lipinski definition) is 2. The fourth-order valence-electron chi connectivity index (χ4n) is 2.63. The van der Waals surface area contributed by atoms with Gasteiger partial charge < -0.3 is 5.32 Å². The second kappa shape index (κ2) is 6.03. The van der Waals surface area contributed by atoms with Gasteiger partial charge in [-0.15, -0.1) is 0 Å². The lowest BCUT2D eigenvalue weighted by molar-refractivity contribution is 0.0916. The molecule has 2 rings (SSSR count). The summed E-state index contributed by atoms with van der Waals surface area (Å²) < 4.78 is 0. The van der Waals surface area contributed by atoms with Crippen LogP contribution in [-0.2, 0) is 6.42 Å². The lowest BCUT2D eigenvalue weighted by Crippen LogP contribution is -2.37. The molecular weight excluding hydrogens is 226 g/mol. The fraction of sp³-hybridized carbons (Fsp3) is 0.714. The van der Waals surface area contributed by atoms with Gasteiger partial charge in [0.1, 0.15) is 5.69 Å². The molecule has 1 fully saturated rings. The minimum atomic E-state index is -0.0362. The largest absolute Gasteiger partial charge is 0.348 e. The predicted molar refractivity (Wildman–Crippen MR) is 71.5 cm³/mol. The molecular formula is C14H23N3O. The monoisotopic (exact) mass is 249 g/mol. The molecule has 2 N–H and O–H groups in total. The number of carbonyl (C=O) groups excluding carboxylic acids is 1. The first-order chi connectivity index (χ1) is 8.72. The Kier molecular flexibility index (Phi) is 4.39. The van der Waals surface area contributed by atoms with E-state index in [2.05, 4.69) is 22.4 Å². The zero-order valence-corrected chi connectivity index (χ0v) is 11.3. The Morgan fingerprint density at radius 1 is 1.39 bits per heavy atom. The van der Waals surface area contributed by atoms with Crippen molar-refractivity contribution in [2.45, 2.75) is 58.4 Å². The maximum atomic E-state index is 12.0. The summed E-state index contributed by atoms with van der Waals surface area (Å²) in [5.41, 5.74) is 1.53. The molecule has 4 nitrogen and oxygen atoms in total. The van der Waals surface area contributed by atoms with Crippen molar-refractivity contribution in [1.29, 1.82) is 0 Å². The van der Waals surface area contributed by atoms with Gasteiger partial charge in [0.05, 0.1) is 0 Å². The van der Waals surface area contributed by atoms with E-state index in [4.69, 9.17) is 0 Å². The number of nitrogens with one attached hydrogen (secondary N) is 2. The highest BCUT2D eigenvalue weighted by Crippen LogP contribution is 2.26. The van der Waals surface area contributed by atoms with Gasteiger partial charge >= 0.3 is 0 Å². The van der Waals surface area contributed by atoms with Crippen LogP contribution in [0.3, 0.4) is 0 Å². The summed E-state index contributed by atoms with van der Waals surface area (Å²) in [6.07, 6.45) is 6.83. The van der Waals surface area contributed by atoms with E-state index in [-0.39, 0.29) is 5.91 Å². The van der Waals surface area contributed by atoms with Crippen LogP contribution in [0.4, 0.5) is 0 Å². The van der Waals surface area contributed by atoms with Gasteiger partial charge in [0.25, 0.3) is 5.91 Å². The number of nitrogens with zero attached hydrogens (tertiary/aromatic N) is 1. The van der Waals surface area contributed by atoms with Crippen molar-refractivity contribution in [3.05, 3.63) is 17.5 Å². The molecule has 0 aliphatic heterocycles. The summed E-state index contributed by atoms with van der Waals surface area (Å²) in [6.45, 7) is 4.29. The third-order valence-corrected chi connectivity index (χ3v) is 4.00. The van der Waals surface area contributed by atoms with Crippen LogP contribution in [0.2, 0.25) is 0 Å². The molecule has 1 aromatic heterocycles. The van der Waals surface area contributed by atoms with Crippen LogP contribution < -0.4 is 5.32 Å². The number of aromatic nitrogens is 2. The molecule has 1 aromatic rings. The molecule has 1 amide bonds. The summed E-state index contributed by atoms with van der Waals surface area (Å²) >= 11 is 0. The lowest BCUT2D eigenvalue weighted by Gasteiger charge is -2.28. The standard InChI is InChI=1S/C14H23N3O/c1-3-10-5-7-12(8-6-10)15-14(18)13-9-11(4-2)16-17-13/h9-10,12H,3-8H2,1-2H3,(H,15,18)(H,16,17). The molecule has 4 heteroatoms. The normalized spacial score (nSPS) is 23.9. The van der Waals surface area contributed by atoms with Crippen molar-refractivity contribution >= 4 is 5.91 Å². The maximum Gasteiger partial charge on any atom is 0.271 e. The van der Waals surface area contributed by atoms with Gasteiger partial charge in [-0.3, -0.25) is 9.89 Å². The number of carbonyl (C=O) groups is 1. The highest BCUT2D eigenvalue weighted by molar-refractivity contribution is 5.92. The van der Waals surface area contributed by atoms with Crippen molar-refractivity contribution < 1.29 is 4.79 Å². The number of aryl methyl sites for hydroxylation is 1. The van der Waals surface area contributed by atoms with E-state index < -0.39 is 0 Å². The van der Waals surface area contributed by atoms with Crippen LogP contribution in [0.25, 0.3) is 0 Å². The highest BCUT2D eigenvalue weighted by atomic mass is 16.2. The van der Waals surface area contributed by atoms with E-state index in [0.717, 1.165) is 30.9 Å². The zero-order chi connectivity index (χ0) is 13.0. The molecule has 1 aliphatic rings. The van der Waals surface area contributed by atoms with E-state index in [1.807, 2.05) is 13.0 Å². The first-order valence-corrected chi connectivity index (χ1v) is 7.08. The summed E-state index contributed by atoms with van der Waals surface area (Å²) in [5, 5.41) is 10.0. The predicted octanol–water partition coefficient (Wildman–Crippen LogP) is 2.67. The second-order valence-corrected chi connectivity index (χ2v) is 5.23. The molecule has 0 bridgehead atoms. The zero-order valence-electron chi connectivity index (χ0n) is 11.3. The molecule has 0 unspecified atom stereocenters. The molecule has 100 valence electrons. The first-order valence-electron chi connectivity index (χ1n) is 7.08. The van der Waals surface area contributed by atoms with Crippen LogP contribution in [0.15, 0.2) is 6.07 Å².